The van der Waals surface area contributed by atoms with Crippen LogP contribution in [0, 0.1) is 5.92 Å². The molecule has 1 saturated carbocycles. The molecular weight excluding hydrogens is 202 g/mol. The Labute approximate surface area is 97.6 Å². The van der Waals surface area contributed by atoms with Crippen molar-refractivity contribution in [2.45, 2.75) is 51.2 Å². The molecule has 3 unspecified atom stereocenters. The van der Waals surface area contributed by atoms with Crippen molar-refractivity contribution in [2.24, 2.45) is 11.7 Å². The summed E-state index contributed by atoms with van der Waals surface area (Å²) >= 11 is 0. The largest absolute Gasteiger partial charge is 0.352 e. The van der Waals surface area contributed by atoms with Gasteiger partial charge in [0, 0.05) is 37.6 Å². The van der Waals surface area contributed by atoms with Crippen LogP contribution in [0.3, 0.4) is 0 Å². The fraction of sp³-hybridized carbons (Fsp3) is 0.917. The van der Waals surface area contributed by atoms with Gasteiger partial charge in [0.25, 0.3) is 0 Å². The molecule has 3 atom stereocenters. The third-order valence-electron chi connectivity index (χ3n) is 3.56. The average molecular weight is 225 g/mol. The average Bonchev–Trinajstić information content (AvgIpc) is 2.92. The predicted molar refractivity (Wildman–Crippen MR) is 64.0 cm³/mol. The molecule has 2 rings (SSSR count). The van der Waals surface area contributed by atoms with Gasteiger partial charge in [-0.15, -0.1) is 0 Å². The monoisotopic (exact) mass is 225 g/mol. The number of rotatable bonds is 4. The summed E-state index contributed by atoms with van der Waals surface area (Å²) in [7, 11) is 0. The molecular formula is C12H23N3O. The van der Waals surface area contributed by atoms with Crippen molar-refractivity contribution >= 4 is 5.91 Å². The minimum Gasteiger partial charge on any atom is -0.352 e. The van der Waals surface area contributed by atoms with E-state index in [1.165, 1.54) is 12.8 Å². The molecule has 0 aromatic heterocycles. The highest BCUT2D eigenvalue weighted by molar-refractivity contribution is 5.76. The highest BCUT2D eigenvalue weighted by atomic mass is 16.1. The van der Waals surface area contributed by atoms with Crippen LogP contribution >= 0.6 is 0 Å². The zero-order chi connectivity index (χ0) is 11.7. The lowest BCUT2D eigenvalue weighted by atomic mass is 10.1. The van der Waals surface area contributed by atoms with Crippen LogP contribution in [0.15, 0.2) is 0 Å². The van der Waals surface area contributed by atoms with Crippen molar-refractivity contribution in [3.8, 4) is 0 Å². The van der Waals surface area contributed by atoms with E-state index in [0.717, 1.165) is 19.1 Å². The second kappa shape index (κ2) is 4.72. The first-order chi connectivity index (χ1) is 7.56. The summed E-state index contributed by atoms with van der Waals surface area (Å²) in [5.41, 5.74) is 5.62. The van der Waals surface area contributed by atoms with Crippen molar-refractivity contribution in [2.75, 3.05) is 13.1 Å². The van der Waals surface area contributed by atoms with Gasteiger partial charge in [-0.05, 0) is 25.7 Å². The van der Waals surface area contributed by atoms with Gasteiger partial charge < -0.3 is 11.1 Å². The van der Waals surface area contributed by atoms with Gasteiger partial charge in [0.15, 0.2) is 0 Å². The summed E-state index contributed by atoms with van der Waals surface area (Å²) in [4.78, 5) is 14.2. The van der Waals surface area contributed by atoms with E-state index in [-0.39, 0.29) is 11.9 Å². The molecule has 2 fully saturated rings. The van der Waals surface area contributed by atoms with Gasteiger partial charge in [0.2, 0.25) is 5.91 Å². The highest BCUT2D eigenvalue weighted by Gasteiger charge is 2.38. The molecule has 2 aliphatic rings. The van der Waals surface area contributed by atoms with Crippen LogP contribution in [0.4, 0.5) is 0 Å². The zero-order valence-electron chi connectivity index (χ0n) is 10.3. The molecule has 3 N–H and O–H groups in total. The van der Waals surface area contributed by atoms with E-state index in [9.17, 15) is 4.79 Å². The number of amides is 1. The number of nitrogens with one attached hydrogen (secondary N) is 1. The smallest absolute Gasteiger partial charge is 0.221 e. The van der Waals surface area contributed by atoms with Crippen LogP contribution in [0.25, 0.3) is 0 Å². The number of nitrogens with two attached hydrogens (primary N) is 1. The Morgan fingerprint density at radius 3 is 2.75 bits per heavy atom. The Morgan fingerprint density at radius 2 is 2.19 bits per heavy atom. The van der Waals surface area contributed by atoms with Gasteiger partial charge in [-0.1, -0.05) is 6.92 Å². The molecule has 1 saturated heterocycles. The fourth-order valence-electron chi connectivity index (χ4n) is 2.49. The molecule has 92 valence electrons. The molecule has 0 aromatic carbocycles. The number of nitrogens with zero attached hydrogens (tertiary/aromatic N) is 1. The Hall–Kier alpha value is -0.610. The van der Waals surface area contributed by atoms with E-state index in [1.54, 1.807) is 0 Å². The summed E-state index contributed by atoms with van der Waals surface area (Å²) in [5, 5.41) is 3.11. The molecule has 16 heavy (non-hydrogen) atoms. The van der Waals surface area contributed by atoms with E-state index < -0.39 is 0 Å². The van der Waals surface area contributed by atoms with Gasteiger partial charge in [-0.25, -0.2) is 0 Å². The van der Waals surface area contributed by atoms with Crippen molar-refractivity contribution in [1.82, 2.24) is 10.2 Å². The number of likely N-dealkylation sites (tertiary alicyclic amines) is 1. The second-order valence-corrected chi connectivity index (χ2v) is 5.52. The Balaban J connectivity index is 1.78. The standard InChI is InChI=1S/C12H23N3O/c1-8-6-15(10-3-4-10)7-11(8)14-12(16)5-9(2)13/h8-11H,3-7,13H2,1-2H3,(H,14,16). The summed E-state index contributed by atoms with van der Waals surface area (Å²) in [6.45, 7) is 6.25. The number of hydrogen-bond acceptors (Lipinski definition) is 3. The van der Waals surface area contributed by atoms with Gasteiger partial charge in [-0.2, -0.15) is 0 Å². The summed E-state index contributed by atoms with van der Waals surface area (Å²) in [6, 6.07) is 1.08. The van der Waals surface area contributed by atoms with Crippen molar-refractivity contribution < 1.29 is 4.79 Å². The number of carbonyl (C=O) groups excluding carboxylic acids is 1. The molecule has 0 bridgehead atoms. The van der Waals surface area contributed by atoms with E-state index in [2.05, 4.69) is 17.1 Å². The van der Waals surface area contributed by atoms with E-state index >= 15 is 0 Å². The van der Waals surface area contributed by atoms with Crippen LogP contribution in [0.5, 0.6) is 0 Å². The third-order valence-corrected chi connectivity index (χ3v) is 3.56. The molecule has 0 aromatic rings. The first-order valence-corrected chi connectivity index (χ1v) is 6.35. The molecule has 4 nitrogen and oxygen atoms in total. The maximum Gasteiger partial charge on any atom is 0.221 e. The maximum absolute atomic E-state index is 11.6. The minimum atomic E-state index is -0.0451. The summed E-state index contributed by atoms with van der Waals surface area (Å²) in [6.07, 6.45) is 3.12. The van der Waals surface area contributed by atoms with Gasteiger partial charge >= 0.3 is 0 Å². The highest BCUT2D eigenvalue weighted by Crippen LogP contribution is 2.31. The minimum absolute atomic E-state index is 0.0451. The summed E-state index contributed by atoms with van der Waals surface area (Å²) < 4.78 is 0. The fourth-order valence-corrected chi connectivity index (χ4v) is 2.49. The van der Waals surface area contributed by atoms with Gasteiger partial charge in [0.05, 0.1) is 0 Å². The predicted octanol–water partition coefficient (Wildman–Crippen LogP) is 0.323. The van der Waals surface area contributed by atoms with E-state index in [1.807, 2.05) is 6.92 Å². The van der Waals surface area contributed by atoms with Crippen LogP contribution in [0.2, 0.25) is 0 Å². The van der Waals surface area contributed by atoms with Crippen LogP contribution in [0.1, 0.15) is 33.1 Å². The molecule has 1 aliphatic carbocycles. The van der Waals surface area contributed by atoms with Crippen molar-refractivity contribution in [3.63, 3.8) is 0 Å². The van der Waals surface area contributed by atoms with Gasteiger partial charge in [-0.3, -0.25) is 9.69 Å². The number of hydrogen-bond donors (Lipinski definition) is 2. The quantitative estimate of drug-likeness (QED) is 0.724. The lowest BCUT2D eigenvalue weighted by Crippen LogP contribution is -2.41. The zero-order valence-corrected chi connectivity index (χ0v) is 10.3. The van der Waals surface area contributed by atoms with Crippen LogP contribution in [-0.4, -0.2) is 42.0 Å². The lowest BCUT2D eigenvalue weighted by Gasteiger charge is -2.17. The Kier molecular flexibility index (Phi) is 3.50. The van der Waals surface area contributed by atoms with E-state index in [4.69, 9.17) is 5.73 Å². The first-order valence-electron chi connectivity index (χ1n) is 6.35. The molecule has 1 amide bonds. The Morgan fingerprint density at radius 1 is 1.50 bits per heavy atom. The normalized spacial score (nSPS) is 32.7. The SMILES string of the molecule is CC(N)CC(=O)NC1CN(C2CC2)CC1C. The topological polar surface area (TPSA) is 58.4 Å². The van der Waals surface area contributed by atoms with Crippen LogP contribution in [-0.2, 0) is 4.79 Å². The molecule has 0 spiro atoms. The van der Waals surface area contributed by atoms with Crippen molar-refractivity contribution in [1.29, 1.82) is 0 Å². The second-order valence-electron chi connectivity index (χ2n) is 5.52. The Bertz CT molecular complexity index is 263. The molecule has 1 heterocycles. The van der Waals surface area contributed by atoms with Gasteiger partial charge in [0.1, 0.15) is 0 Å². The maximum atomic E-state index is 11.6. The van der Waals surface area contributed by atoms with Crippen LogP contribution < -0.4 is 11.1 Å². The molecule has 4 heteroatoms. The first kappa shape index (κ1) is 11.9. The summed E-state index contributed by atoms with van der Waals surface area (Å²) in [5.74, 6) is 0.669. The third kappa shape index (κ3) is 2.95. The molecule has 0 radical (unpaired) electrons. The van der Waals surface area contributed by atoms with E-state index in [0.29, 0.717) is 18.4 Å². The number of carbonyl (C=O) groups is 1. The van der Waals surface area contributed by atoms with Crippen molar-refractivity contribution in [3.05, 3.63) is 0 Å². The lowest BCUT2D eigenvalue weighted by molar-refractivity contribution is -0.122. The molecule has 1 aliphatic heterocycles.